The van der Waals surface area contributed by atoms with E-state index < -0.39 is 28.3 Å². The first-order valence-electron chi connectivity index (χ1n) is 10.4. The first-order valence-corrected chi connectivity index (χ1v) is 11.1. The molecule has 0 aliphatic carbocycles. The van der Waals surface area contributed by atoms with Crippen LogP contribution in [0.3, 0.4) is 0 Å². The Bertz CT molecular complexity index is 1320. The van der Waals surface area contributed by atoms with Gasteiger partial charge < -0.3 is 19.8 Å². The van der Waals surface area contributed by atoms with E-state index in [4.69, 9.17) is 23.2 Å². The van der Waals surface area contributed by atoms with E-state index in [-0.39, 0.29) is 29.0 Å². The monoisotopic (exact) mass is 505 g/mol. The van der Waals surface area contributed by atoms with Gasteiger partial charge in [0.1, 0.15) is 17.8 Å². The van der Waals surface area contributed by atoms with Gasteiger partial charge in [-0.3, -0.25) is 19.0 Å². The van der Waals surface area contributed by atoms with Gasteiger partial charge in [0.15, 0.2) is 5.69 Å². The number of hydrogen-bond acceptors (Lipinski definition) is 7. The molecule has 3 heterocycles. The predicted octanol–water partition coefficient (Wildman–Crippen LogP) is 3.23. The van der Waals surface area contributed by atoms with Crippen LogP contribution in [0, 0.1) is 0 Å². The second-order valence-electron chi connectivity index (χ2n) is 8.38. The van der Waals surface area contributed by atoms with E-state index >= 15 is 0 Å². The predicted molar refractivity (Wildman–Crippen MR) is 125 cm³/mol. The highest BCUT2D eigenvalue weighted by Crippen LogP contribution is 2.34. The van der Waals surface area contributed by atoms with E-state index in [1.165, 1.54) is 30.1 Å². The van der Waals surface area contributed by atoms with E-state index in [0.29, 0.717) is 30.0 Å². The standard InChI is InChI=1S/C22H21Cl2N5O5/c1-22(6-3-7-29(11-22)19(32)12-4-5-14(23)15(24)8-12)21-27-16(17(30)20(33)28(21)2)18(31)26-13-9-25-34-10-13/h4-5,8-10,30H,3,6-7,11H2,1-2H3,(H,26,31). The van der Waals surface area contributed by atoms with Crippen LogP contribution >= 0.6 is 23.2 Å². The molecular formula is C22H21Cl2N5O5. The Morgan fingerprint density at radius 2 is 2.03 bits per heavy atom. The number of piperidine rings is 1. The fourth-order valence-electron chi connectivity index (χ4n) is 4.15. The molecule has 1 atom stereocenters. The third kappa shape index (κ3) is 4.38. The zero-order valence-corrected chi connectivity index (χ0v) is 19.9. The number of hydrogen-bond donors (Lipinski definition) is 2. The number of benzene rings is 1. The Morgan fingerprint density at radius 1 is 1.26 bits per heavy atom. The Labute approximate surface area is 204 Å². The second-order valence-corrected chi connectivity index (χ2v) is 9.20. The molecule has 12 heteroatoms. The van der Waals surface area contributed by atoms with Crippen molar-refractivity contribution in [3.63, 3.8) is 0 Å². The first kappa shape index (κ1) is 23.8. The third-order valence-corrected chi connectivity index (χ3v) is 6.60. The highest BCUT2D eigenvalue weighted by Gasteiger charge is 2.39. The molecule has 2 aromatic heterocycles. The first-order chi connectivity index (χ1) is 16.1. The van der Waals surface area contributed by atoms with Crippen LogP contribution in [0.1, 0.15) is 46.4 Å². The minimum atomic E-state index is -0.789. The van der Waals surface area contributed by atoms with Crippen LogP contribution < -0.4 is 10.9 Å². The van der Waals surface area contributed by atoms with Gasteiger partial charge in [0.25, 0.3) is 17.4 Å². The summed E-state index contributed by atoms with van der Waals surface area (Å²) >= 11 is 12.0. The molecule has 1 saturated heterocycles. The van der Waals surface area contributed by atoms with Gasteiger partial charge in [0.2, 0.25) is 5.75 Å². The summed E-state index contributed by atoms with van der Waals surface area (Å²) in [7, 11) is 1.47. The van der Waals surface area contributed by atoms with E-state index in [1.807, 2.05) is 6.92 Å². The summed E-state index contributed by atoms with van der Waals surface area (Å²) in [5.41, 5.74) is -1.32. The van der Waals surface area contributed by atoms with Gasteiger partial charge >= 0.3 is 0 Å². The van der Waals surface area contributed by atoms with Gasteiger partial charge in [-0.15, -0.1) is 0 Å². The molecule has 2 amide bonds. The van der Waals surface area contributed by atoms with Crippen LogP contribution in [0.15, 0.2) is 40.0 Å². The van der Waals surface area contributed by atoms with Crippen LogP contribution in [0.5, 0.6) is 5.75 Å². The number of carbonyl (C=O) groups excluding carboxylic acids is 2. The molecule has 2 N–H and O–H groups in total. The minimum absolute atomic E-state index is 0.237. The van der Waals surface area contributed by atoms with Crippen molar-refractivity contribution in [2.24, 2.45) is 7.05 Å². The summed E-state index contributed by atoms with van der Waals surface area (Å²) in [5.74, 6) is -1.53. The molecule has 0 spiro atoms. The van der Waals surface area contributed by atoms with Crippen LogP contribution in [0.2, 0.25) is 10.0 Å². The number of carbonyl (C=O) groups is 2. The molecular weight excluding hydrogens is 485 g/mol. The Balaban J connectivity index is 1.67. The fourth-order valence-corrected chi connectivity index (χ4v) is 4.45. The zero-order valence-electron chi connectivity index (χ0n) is 18.3. The van der Waals surface area contributed by atoms with E-state index in [9.17, 15) is 19.5 Å². The largest absolute Gasteiger partial charge is 0.501 e. The highest BCUT2D eigenvalue weighted by molar-refractivity contribution is 6.42. The Morgan fingerprint density at radius 3 is 2.71 bits per heavy atom. The number of anilines is 1. The van der Waals surface area contributed by atoms with Crippen molar-refractivity contribution >= 4 is 40.7 Å². The molecule has 0 bridgehead atoms. The summed E-state index contributed by atoms with van der Waals surface area (Å²) in [6.45, 7) is 2.60. The lowest BCUT2D eigenvalue weighted by atomic mass is 9.80. The van der Waals surface area contributed by atoms with Crippen LogP contribution in [0.25, 0.3) is 0 Å². The number of nitrogens with zero attached hydrogens (tertiary/aromatic N) is 4. The molecule has 10 nitrogen and oxygen atoms in total. The number of aromatic hydroxyl groups is 1. The van der Waals surface area contributed by atoms with E-state index in [2.05, 4.69) is 20.0 Å². The molecule has 0 saturated carbocycles. The normalized spacial score (nSPS) is 18.1. The fraction of sp³-hybridized carbons (Fsp3) is 0.318. The maximum atomic E-state index is 13.2. The van der Waals surface area contributed by atoms with Crippen molar-refractivity contribution in [1.82, 2.24) is 19.6 Å². The molecule has 1 unspecified atom stereocenters. The number of aromatic nitrogens is 3. The molecule has 178 valence electrons. The van der Waals surface area contributed by atoms with E-state index in [0.717, 1.165) is 0 Å². The van der Waals surface area contributed by atoms with Crippen LogP contribution in [-0.2, 0) is 12.5 Å². The maximum Gasteiger partial charge on any atom is 0.296 e. The van der Waals surface area contributed by atoms with Crippen LogP contribution in [-0.4, -0.2) is 49.6 Å². The van der Waals surface area contributed by atoms with Gasteiger partial charge in [-0.2, -0.15) is 0 Å². The number of nitrogens with one attached hydrogen (secondary N) is 1. The van der Waals surface area contributed by atoms with Crippen molar-refractivity contribution in [2.45, 2.75) is 25.2 Å². The smallest absolute Gasteiger partial charge is 0.296 e. The number of rotatable bonds is 4. The van der Waals surface area contributed by atoms with Gasteiger partial charge in [0, 0.05) is 31.1 Å². The summed E-state index contributed by atoms with van der Waals surface area (Å²) in [4.78, 5) is 44.7. The van der Waals surface area contributed by atoms with Gasteiger partial charge in [-0.25, -0.2) is 4.98 Å². The Kier molecular flexibility index (Phi) is 6.37. The Hall–Kier alpha value is -3.37. The molecule has 0 radical (unpaired) electrons. The molecule has 1 aliphatic heterocycles. The molecule has 3 aromatic rings. The number of likely N-dealkylation sites (tertiary alicyclic amines) is 1. The lowest BCUT2D eigenvalue weighted by Gasteiger charge is -2.40. The molecule has 34 heavy (non-hydrogen) atoms. The van der Waals surface area contributed by atoms with Crippen molar-refractivity contribution < 1.29 is 19.2 Å². The van der Waals surface area contributed by atoms with Gasteiger partial charge in [-0.05, 0) is 31.0 Å². The number of amides is 2. The van der Waals surface area contributed by atoms with Crippen molar-refractivity contribution in [3.05, 3.63) is 68.1 Å². The minimum Gasteiger partial charge on any atom is -0.501 e. The zero-order chi connectivity index (χ0) is 24.6. The molecule has 1 fully saturated rings. The summed E-state index contributed by atoms with van der Waals surface area (Å²) in [6.07, 6.45) is 3.72. The summed E-state index contributed by atoms with van der Waals surface area (Å²) < 4.78 is 5.88. The van der Waals surface area contributed by atoms with E-state index in [1.54, 1.807) is 17.0 Å². The third-order valence-electron chi connectivity index (χ3n) is 5.86. The van der Waals surface area contributed by atoms with Crippen LogP contribution in [0.4, 0.5) is 5.69 Å². The van der Waals surface area contributed by atoms with Gasteiger partial charge in [-0.1, -0.05) is 35.3 Å². The molecule has 4 rings (SSSR count). The molecule has 1 aliphatic rings. The lowest BCUT2D eigenvalue weighted by molar-refractivity contribution is 0.0639. The van der Waals surface area contributed by atoms with Crippen molar-refractivity contribution in [3.8, 4) is 5.75 Å². The topological polar surface area (TPSA) is 131 Å². The quantitative estimate of drug-likeness (QED) is 0.556. The average molecular weight is 506 g/mol. The lowest BCUT2D eigenvalue weighted by Crippen LogP contribution is -2.49. The highest BCUT2D eigenvalue weighted by atomic mass is 35.5. The van der Waals surface area contributed by atoms with Crippen molar-refractivity contribution in [2.75, 3.05) is 18.4 Å². The number of halogens is 2. The molecule has 1 aromatic carbocycles. The maximum absolute atomic E-state index is 13.2. The average Bonchev–Trinajstić information content (AvgIpc) is 3.31. The second kappa shape index (κ2) is 9.11. The SMILES string of the molecule is Cn1c(C2(C)CCCN(C(=O)c3ccc(Cl)c(Cl)c3)C2)nc(C(=O)Nc2cnoc2)c(O)c1=O. The van der Waals surface area contributed by atoms with Gasteiger partial charge in [0.05, 0.1) is 16.2 Å². The summed E-state index contributed by atoms with van der Waals surface area (Å²) in [5, 5.41) is 16.9. The summed E-state index contributed by atoms with van der Waals surface area (Å²) in [6, 6.07) is 4.68. The van der Waals surface area contributed by atoms with Crippen molar-refractivity contribution in [1.29, 1.82) is 0 Å².